The van der Waals surface area contributed by atoms with Crippen molar-refractivity contribution in [3.63, 3.8) is 0 Å². The number of aromatic nitrogens is 2. The highest BCUT2D eigenvalue weighted by molar-refractivity contribution is 7.14. The minimum atomic E-state index is -0.0371. The van der Waals surface area contributed by atoms with Gasteiger partial charge in [-0.1, -0.05) is 0 Å². The average molecular weight is 388 g/mol. The number of rotatable bonds is 3. The van der Waals surface area contributed by atoms with Crippen LogP contribution in [0.4, 0.5) is 21.6 Å². The lowest BCUT2D eigenvalue weighted by Crippen LogP contribution is -2.50. The Balaban J connectivity index is 1.39. The standard InChI is InChI=1S/C18H24N6O2S/c1-14-13-15(20-17(19-14)23-8-10-26-11-9-23)22-4-6-24(7-5-22)18(25)21-16-3-2-12-27-16/h2-3,12-13H,4-11H2,1H3,(H,21,25). The number of amides is 2. The number of morpholine rings is 1. The zero-order valence-corrected chi connectivity index (χ0v) is 16.2. The van der Waals surface area contributed by atoms with Crippen molar-refractivity contribution in [3.8, 4) is 0 Å². The molecule has 0 radical (unpaired) electrons. The van der Waals surface area contributed by atoms with Gasteiger partial charge in [0.25, 0.3) is 0 Å². The van der Waals surface area contributed by atoms with Crippen LogP contribution in [-0.2, 0) is 4.74 Å². The topological polar surface area (TPSA) is 73.8 Å². The van der Waals surface area contributed by atoms with Crippen LogP contribution in [0.15, 0.2) is 23.6 Å². The number of nitrogens with zero attached hydrogens (tertiary/aromatic N) is 5. The first-order valence-corrected chi connectivity index (χ1v) is 10.1. The number of anilines is 3. The Labute approximate surface area is 162 Å². The van der Waals surface area contributed by atoms with Crippen molar-refractivity contribution in [1.29, 1.82) is 0 Å². The number of hydrogen-bond donors (Lipinski definition) is 1. The third-order valence-corrected chi connectivity index (χ3v) is 5.55. The molecule has 2 aromatic heterocycles. The molecule has 2 saturated heterocycles. The number of aryl methyl sites for hydroxylation is 1. The van der Waals surface area contributed by atoms with Gasteiger partial charge in [0.2, 0.25) is 5.95 Å². The van der Waals surface area contributed by atoms with Crippen LogP contribution in [-0.4, -0.2) is 73.4 Å². The van der Waals surface area contributed by atoms with Gasteiger partial charge in [-0.15, -0.1) is 11.3 Å². The minimum absolute atomic E-state index is 0.0371. The zero-order valence-electron chi connectivity index (χ0n) is 15.4. The van der Waals surface area contributed by atoms with Crippen molar-refractivity contribution < 1.29 is 9.53 Å². The molecule has 0 spiro atoms. The van der Waals surface area contributed by atoms with E-state index in [1.54, 1.807) is 0 Å². The smallest absolute Gasteiger partial charge is 0.322 e. The van der Waals surface area contributed by atoms with Crippen LogP contribution in [0.1, 0.15) is 5.69 Å². The van der Waals surface area contributed by atoms with Crippen LogP contribution in [0.3, 0.4) is 0 Å². The highest BCUT2D eigenvalue weighted by Crippen LogP contribution is 2.21. The Bertz CT molecular complexity index is 770. The van der Waals surface area contributed by atoms with E-state index in [2.05, 4.69) is 20.1 Å². The van der Waals surface area contributed by atoms with Crippen LogP contribution in [0.5, 0.6) is 0 Å². The summed E-state index contributed by atoms with van der Waals surface area (Å²) in [5.41, 5.74) is 0.958. The second-order valence-corrected chi connectivity index (χ2v) is 7.60. The molecule has 0 unspecified atom stereocenters. The van der Waals surface area contributed by atoms with Crippen LogP contribution < -0.4 is 15.1 Å². The third kappa shape index (κ3) is 4.30. The molecular weight excluding hydrogens is 364 g/mol. The van der Waals surface area contributed by atoms with Gasteiger partial charge in [-0.25, -0.2) is 9.78 Å². The molecule has 2 aliphatic heterocycles. The summed E-state index contributed by atoms with van der Waals surface area (Å²) in [4.78, 5) is 28.0. The lowest BCUT2D eigenvalue weighted by atomic mass is 10.3. The van der Waals surface area contributed by atoms with Crippen molar-refractivity contribution in [2.24, 2.45) is 0 Å². The van der Waals surface area contributed by atoms with Gasteiger partial charge >= 0.3 is 6.03 Å². The quantitative estimate of drug-likeness (QED) is 0.867. The first-order chi connectivity index (χ1) is 13.2. The SMILES string of the molecule is Cc1cc(N2CCN(C(=O)Nc3cccs3)CC2)nc(N2CCOCC2)n1. The largest absolute Gasteiger partial charge is 0.378 e. The van der Waals surface area contributed by atoms with Gasteiger partial charge in [0.15, 0.2) is 0 Å². The fourth-order valence-corrected chi connectivity index (χ4v) is 3.88. The molecule has 0 atom stereocenters. The fourth-order valence-electron chi connectivity index (χ4n) is 3.28. The first kappa shape index (κ1) is 18.0. The maximum atomic E-state index is 12.4. The molecule has 1 N–H and O–H groups in total. The Hall–Kier alpha value is -2.39. The highest BCUT2D eigenvalue weighted by atomic mass is 32.1. The molecule has 144 valence electrons. The molecule has 2 fully saturated rings. The summed E-state index contributed by atoms with van der Waals surface area (Å²) in [6.45, 7) is 7.93. The summed E-state index contributed by atoms with van der Waals surface area (Å²) in [5, 5.41) is 5.78. The summed E-state index contributed by atoms with van der Waals surface area (Å²) in [6, 6.07) is 5.83. The maximum Gasteiger partial charge on any atom is 0.322 e. The van der Waals surface area contributed by atoms with Gasteiger partial charge in [0, 0.05) is 51.0 Å². The third-order valence-electron chi connectivity index (χ3n) is 4.77. The van der Waals surface area contributed by atoms with E-state index in [0.717, 1.165) is 48.6 Å². The molecule has 2 aromatic rings. The van der Waals surface area contributed by atoms with Crippen LogP contribution in [0, 0.1) is 6.92 Å². The first-order valence-electron chi connectivity index (χ1n) is 9.22. The Morgan fingerprint density at radius 1 is 1.11 bits per heavy atom. The molecule has 0 aliphatic carbocycles. The Morgan fingerprint density at radius 2 is 1.89 bits per heavy atom. The van der Waals surface area contributed by atoms with Crippen molar-refractivity contribution >= 4 is 34.1 Å². The van der Waals surface area contributed by atoms with E-state index in [4.69, 9.17) is 9.72 Å². The number of carbonyl (C=O) groups excluding carboxylic acids is 1. The lowest BCUT2D eigenvalue weighted by molar-refractivity contribution is 0.122. The normalized spacial score (nSPS) is 17.9. The van der Waals surface area contributed by atoms with E-state index < -0.39 is 0 Å². The molecule has 2 amide bonds. The molecule has 0 bridgehead atoms. The second-order valence-electron chi connectivity index (χ2n) is 6.65. The molecule has 9 heteroatoms. The van der Waals surface area contributed by atoms with Gasteiger partial charge < -0.3 is 19.4 Å². The molecule has 4 heterocycles. The van der Waals surface area contributed by atoms with E-state index in [9.17, 15) is 4.79 Å². The van der Waals surface area contributed by atoms with E-state index in [-0.39, 0.29) is 6.03 Å². The number of thiophene rings is 1. The van der Waals surface area contributed by atoms with E-state index in [1.165, 1.54) is 11.3 Å². The average Bonchev–Trinajstić information content (AvgIpc) is 3.21. The van der Waals surface area contributed by atoms with Gasteiger partial charge in [0.05, 0.1) is 18.2 Å². The Kier molecular flexibility index (Phi) is 5.40. The zero-order chi connectivity index (χ0) is 18.6. The summed E-state index contributed by atoms with van der Waals surface area (Å²) in [5.74, 6) is 1.70. The summed E-state index contributed by atoms with van der Waals surface area (Å²) >= 11 is 1.53. The van der Waals surface area contributed by atoms with Crippen molar-refractivity contribution in [3.05, 3.63) is 29.3 Å². The summed E-state index contributed by atoms with van der Waals surface area (Å²) < 4.78 is 5.42. The predicted octanol–water partition coefficient (Wildman–Crippen LogP) is 2.04. The number of piperazine rings is 1. The maximum absolute atomic E-state index is 12.4. The summed E-state index contributed by atoms with van der Waals surface area (Å²) in [7, 11) is 0. The number of hydrogen-bond acceptors (Lipinski definition) is 7. The lowest BCUT2D eigenvalue weighted by Gasteiger charge is -2.36. The van der Waals surface area contributed by atoms with Crippen molar-refractivity contribution in [2.75, 3.05) is 67.6 Å². The molecular formula is C18H24N6O2S. The van der Waals surface area contributed by atoms with E-state index in [1.807, 2.05) is 35.4 Å². The molecule has 27 heavy (non-hydrogen) atoms. The van der Waals surface area contributed by atoms with Gasteiger partial charge in [-0.05, 0) is 24.4 Å². The Morgan fingerprint density at radius 3 is 2.59 bits per heavy atom. The molecule has 0 aromatic carbocycles. The van der Waals surface area contributed by atoms with E-state index >= 15 is 0 Å². The number of carbonyl (C=O) groups is 1. The van der Waals surface area contributed by atoms with Crippen molar-refractivity contribution in [2.45, 2.75) is 6.92 Å². The van der Waals surface area contributed by atoms with Crippen molar-refractivity contribution in [1.82, 2.24) is 14.9 Å². The predicted molar refractivity (Wildman–Crippen MR) is 107 cm³/mol. The number of nitrogens with one attached hydrogen (secondary N) is 1. The van der Waals surface area contributed by atoms with Gasteiger partial charge in [-0.2, -0.15) is 4.98 Å². The minimum Gasteiger partial charge on any atom is -0.378 e. The number of ether oxygens (including phenoxy) is 1. The van der Waals surface area contributed by atoms with Crippen LogP contribution in [0.25, 0.3) is 0 Å². The number of urea groups is 1. The molecule has 8 nitrogen and oxygen atoms in total. The van der Waals surface area contributed by atoms with Gasteiger partial charge in [0.1, 0.15) is 5.82 Å². The molecule has 0 saturated carbocycles. The fraction of sp³-hybridized carbons (Fsp3) is 0.500. The molecule has 2 aliphatic rings. The van der Waals surface area contributed by atoms with Crippen LogP contribution >= 0.6 is 11.3 Å². The second kappa shape index (κ2) is 8.10. The van der Waals surface area contributed by atoms with E-state index in [0.29, 0.717) is 26.3 Å². The van der Waals surface area contributed by atoms with Crippen LogP contribution in [0.2, 0.25) is 0 Å². The van der Waals surface area contributed by atoms with Gasteiger partial charge in [-0.3, -0.25) is 5.32 Å². The monoisotopic (exact) mass is 388 g/mol. The highest BCUT2D eigenvalue weighted by Gasteiger charge is 2.23. The summed E-state index contributed by atoms with van der Waals surface area (Å²) in [6.07, 6.45) is 0. The molecule has 4 rings (SSSR count).